The van der Waals surface area contributed by atoms with Crippen LogP contribution < -0.4 is 5.73 Å². The molecule has 0 aliphatic carbocycles. The minimum absolute atomic E-state index is 0.108. The van der Waals surface area contributed by atoms with Crippen molar-refractivity contribution in [2.24, 2.45) is 11.7 Å². The molecule has 13 heavy (non-hydrogen) atoms. The Morgan fingerprint density at radius 2 is 2.38 bits per heavy atom. The molecule has 1 saturated heterocycles. The maximum absolute atomic E-state index is 9.21. The van der Waals surface area contributed by atoms with Crippen molar-refractivity contribution in [1.29, 1.82) is 0 Å². The van der Waals surface area contributed by atoms with Crippen molar-refractivity contribution in [3.63, 3.8) is 0 Å². The molecule has 0 aromatic rings. The zero-order valence-corrected chi connectivity index (χ0v) is 9.05. The molecule has 0 radical (unpaired) electrons. The van der Waals surface area contributed by atoms with Gasteiger partial charge < -0.3 is 10.8 Å². The maximum atomic E-state index is 9.21. The zero-order chi connectivity index (χ0) is 10.0. The summed E-state index contributed by atoms with van der Waals surface area (Å²) in [5.74, 6) is 0.543. The Kier molecular flexibility index (Phi) is 3.64. The van der Waals surface area contributed by atoms with E-state index in [1.54, 1.807) is 0 Å². The van der Waals surface area contributed by atoms with Crippen LogP contribution in [0.2, 0.25) is 0 Å². The Bertz CT molecular complexity index is 198. The van der Waals surface area contributed by atoms with Gasteiger partial charge in [0, 0.05) is 6.04 Å². The van der Waals surface area contributed by atoms with Crippen LogP contribution in [0.15, 0.2) is 0 Å². The molecule has 0 aromatic carbocycles. The number of thiocarbonyl (C=S) groups is 1. The van der Waals surface area contributed by atoms with E-state index in [0.717, 1.165) is 13.0 Å². The minimum Gasteiger partial charge on any atom is -0.395 e. The Morgan fingerprint density at radius 1 is 1.77 bits per heavy atom. The summed E-state index contributed by atoms with van der Waals surface area (Å²) in [6, 6.07) is 0.341. The Hall–Kier alpha value is -0.190. The van der Waals surface area contributed by atoms with Crippen LogP contribution in [-0.2, 0) is 0 Å². The van der Waals surface area contributed by atoms with Crippen LogP contribution in [0, 0.1) is 5.92 Å². The molecule has 1 aliphatic rings. The minimum atomic E-state index is 0.108. The van der Waals surface area contributed by atoms with E-state index in [9.17, 15) is 5.11 Å². The first-order valence-electron chi connectivity index (χ1n) is 4.73. The lowest BCUT2D eigenvalue weighted by atomic mass is 10.0. The fourth-order valence-corrected chi connectivity index (χ4v) is 2.10. The first-order chi connectivity index (χ1) is 6.07. The van der Waals surface area contributed by atoms with Gasteiger partial charge in [-0.25, -0.2) is 0 Å². The van der Waals surface area contributed by atoms with Gasteiger partial charge in [-0.15, -0.1) is 0 Å². The van der Waals surface area contributed by atoms with Gasteiger partial charge in [-0.1, -0.05) is 19.1 Å². The number of hydrogen-bond donors (Lipinski definition) is 2. The number of hydrogen-bond acceptors (Lipinski definition) is 3. The average Bonchev–Trinajstić information content (AvgIpc) is 2.45. The molecule has 4 heteroatoms. The van der Waals surface area contributed by atoms with E-state index in [0.29, 0.717) is 10.9 Å². The SMILES string of the molecule is CC1CCN(C(C)C(N)=S)C1CO. The molecule has 0 aromatic heterocycles. The van der Waals surface area contributed by atoms with E-state index in [4.69, 9.17) is 18.0 Å². The van der Waals surface area contributed by atoms with Crippen molar-refractivity contribution in [3.8, 4) is 0 Å². The molecule has 3 atom stereocenters. The Labute approximate surface area is 84.9 Å². The summed E-state index contributed by atoms with van der Waals surface area (Å²) in [6.45, 7) is 5.36. The molecule has 3 unspecified atom stereocenters. The molecular weight excluding hydrogens is 184 g/mol. The molecule has 0 amide bonds. The lowest BCUT2D eigenvalue weighted by Crippen LogP contribution is -2.46. The fourth-order valence-electron chi connectivity index (χ4n) is 1.97. The highest BCUT2D eigenvalue weighted by molar-refractivity contribution is 7.80. The number of aliphatic hydroxyl groups excluding tert-OH is 1. The molecule has 1 rings (SSSR count). The summed E-state index contributed by atoms with van der Waals surface area (Å²) in [5.41, 5.74) is 5.59. The highest BCUT2D eigenvalue weighted by atomic mass is 32.1. The number of rotatable bonds is 3. The van der Waals surface area contributed by atoms with Crippen molar-refractivity contribution in [2.75, 3.05) is 13.2 Å². The largest absolute Gasteiger partial charge is 0.395 e. The number of nitrogens with two attached hydrogens (primary N) is 1. The number of nitrogens with zero attached hydrogens (tertiary/aromatic N) is 1. The third-order valence-corrected chi connectivity index (χ3v) is 3.36. The average molecular weight is 202 g/mol. The molecule has 1 fully saturated rings. The van der Waals surface area contributed by atoms with Gasteiger partial charge >= 0.3 is 0 Å². The monoisotopic (exact) mass is 202 g/mol. The van der Waals surface area contributed by atoms with E-state index >= 15 is 0 Å². The maximum Gasteiger partial charge on any atom is 0.0899 e. The molecule has 0 saturated carbocycles. The van der Waals surface area contributed by atoms with Crippen molar-refractivity contribution < 1.29 is 5.11 Å². The summed E-state index contributed by atoms with van der Waals surface area (Å²) in [6.07, 6.45) is 1.12. The van der Waals surface area contributed by atoms with Crippen LogP contribution in [-0.4, -0.2) is 40.2 Å². The third kappa shape index (κ3) is 2.18. The van der Waals surface area contributed by atoms with E-state index in [1.165, 1.54) is 0 Å². The Balaban J connectivity index is 2.64. The van der Waals surface area contributed by atoms with Crippen LogP contribution in [0.25, 0.3) is 0 Å². The molecule has 3 N–H and O–H groups in total. The van der Waals surface area contributed by atoms with Crippen LogP contribution in [0.4, 0.5) is 0 Å². The highest BCUT2D eigenvalue weighted by Crippen LogP contribution is 2.25. The molecular formula is C9H18N2OS. The molecule has 0 spiro atoms. The zero-order valence-electron chi connectivity index (χ0n) is 8.23. The predicted molar refractivity (Wildman–Crippen MR) is 57.6 cm³/mol. The lowest BCUT2D eigenvalue weighted by Gasteiger charge is -2.30. The predicted octanol–water partition coefficient (Wildman–Crippen LogP) is 0.364. The van der Waals surface area contributed by atoms with Crippen LogP contribution in [0.1, 0.15) is 20.3 Å². The molecule has 3 nitrogen and oxygen atoms in total. The first-order valence-corrected chi connectivity index (χ1v) is 5.14. The molecule has 1 heterocycles. The van der Waals surface area contributed by atoms with Crippen molar-refractivity contribution in [3.05, 3.63) is 0 Å². The van der Waals surface area contributed by atoms with Gasteiger partial charge in [-0.3, -0.25) is 4.90 Å². The summed E-state index contributed by atoms with van der Waals surface area (Å²) in [5, 5.41) is 9.21. The van der Waals surface area contributed by atoms with Crippen LogP contribution >= 0.6 is 12.2 Å². The topological polar surface area (TPSA) is 49.5 Å². The summed E-state index contributed by atoms with van der Waals surface area (Å²) >= 11 is 4.95. The molecule has 1 aliphatic heterocycles. The van der Waals surface area contributed by atoms with Gasteiger partial charge in [0.05, 0.1) is 17.6 Å². The van der Waals surface area contributed by atoms with E-state index in [1.807, 2.05) is 6.92 Å². The smallest absolute Gasteiger partial charge is 0.0899 e. The van der Waals surface area contributed by atoms with Crippen molar-refractivity contribution >= 4 is 17.2 Å². The fraction of sp³-hybridized carbons (Fsp3) is 0.889. The Morgan fingerprint density at radius 3 is 2.85 bits per heavy atom. The summed E-state index contributed by atoms with van der Waals surface area (Å²) in [7, 11) is 0. The standard InChI is InChI=1S/C9H18N2OS/c1-6-3-4-11(8(6)5-12)7(2)9(10)13/h6-8,12H,3-5H2,1-2H3,(H2,10,13). The third-order valence-electron chi connectivity index (χ3n) is 3.02. The lowest BCUT2D eigenvalue weighted by molar-refractivity contribution is 0.130. The highest BCUT2D eigenvalue weighted by Gasteiger charge is 2.34. The summed E-state index contributed by atoms with van der Waals surface area (Å²) in [4.78, 5) is 2.72. The van der Waals surface area contributed by atoms with Gasteiger partial charge in [0.1, 0.15) is 0 Å². The van der Waals surface area contributed by atoms with E-state index in [2.05, 4.69) is 11.8 Å². The second-order valence-electron chi connectivity index (χ2n) is 3.83. The molecule has 0 bridgehead atoms. The van der Waals surface area contributed by atoms with E-state index in [-0.39, 0.29) is 18.7 Å². The number of likely N-dealkylation sites (tertiary alicyclic amines) is 1. The van der Waals surface area contributed by atoms with Gasteiger partial charge in [0.2, 0.25) is 0 Å². The number of aliphatic hydroxyl groups is 1. The van der Waals surface area contributed by atoms with Gasteiger partial charge in [0.15, 0.2) is 0 Å². The van der Waals surface area contributed by atoms with E-state index < -0.39 is 0 Å². The molecule has 76 valence electrons. The quantitative estimate of drug-likeness (QED) is 0.649. The second-order valence-corrected chi connectivity index (χ2v) is 4.30. The first kappa shape index (κ1) is 10.9. The van der Waals surface area contributed by atoms with Crippen LogP contribution in [0.3, 0.4) is 0 Å². The van der Waals surface area contributed by atoms with Gasteiger partial charge in [-0.05, 0) is 25.8 Å². The van der Waals surface area contributed by atoms with Crippen molar-refractivity contribution in [1.82, 2.24) is 4.90 Å². The van der Waals surface area contributed by atoms with Crippen LogP contribution in [0.5, 0.6) is 0 Å². The van der Waals surface area contributed by atoms with Gasteiger partial charge in [-0.2, -0.15) is 0 Å². The summed E-state index contributed by atoms with van der Waals surface area (Å²) < 4.78 is 0. The second kappa shape index (κ2) is 4.35. The van der Waals surface area contributed by atoms with Crippen molar-refractivity contribution in [2.45, 2.75) is 32.4 Å². The van der Waals surface area contributed by atoms with Gasteiger partial charge in [0.25, 0.3) is 0 Å². The normalized spacial score (nSPS) is 31.9.